The predicted octanol–water partition coefficient (Wildman–Crippen LogP) is 6.64. The van der Waals surface area contributed by atoms with E-state index in [9.17, 15) is 0 Å². The van der Waals surface area contributed by atoms with Gasteiger partial charge < -0.3 is 5.32 Å². The van der Waals surface area contributed by atoms with Crippen molar-refractivity contribution in [3.05, 3.63) is 88.0 Å². The highest BCUT2D eigenvalue weighted by atomic mass is 14.9. The van der Waals surface area contributed by atoms with Gasteiger partial charge in [0.25, 0.3) is 0 Å². The second-order valence-corrected chi connectivity index (χ2v) is 7.60. The molecule has 0 radical (unpaired) electrons. The van der Waals surface area contributed by atoms with Gasteiger partial charge in [0, 0.05) is 30.6 Å². The molecule has 0 saturated carbocycles. The zero-order valence-electron chi connectivity index (χ0n) is 17.6. The lowest BCUT2D eigenvalue weighted by Crippen LogP contribution is -2.01. The average Bonchev–Trinajstić information content (AvgIpc) is 2.65. The SMILES string of the molecule is CCN=Cc1cc(C)ccc1-c1cc(NCc2cc(C)cc(C)c2)ccc1C. The quantitative estimate of drug-likeness (QED) is 0.483. The van der Waals surface area contributed by atoms with E-state index in [2.05, 4.69) is 99.5 Å². The van der Waals surface area contributed by atoms with E-state index in [0.29, 0.717) is 0 Å². The van der Waals surface area contributed by atoms with Crippen LogP contribution < -0.4 is 5.32 Å². The van der Waals surface area contributed by atoms with Crippen molar-refractivity contribution in [2.75, 3.05) is 11.9 Å². The van der Waals surface area contributed by atoms with Crippen LogP contribution in [0.25, 0.3) is 11.1 Å². The molecule has 0 aromatic heterocycles. The molecule has 0 aliphatic carbocycles. The molecule has 1 N–H and O–H groups in total. The predicted molar refractivity (Wildman–Crippen MR) is 123 cm³/mol. The highest BCUT2D eigenvalue weighted by molar-refractivity contribution is 5.92. The van der Waals surface area contributed by atoms with Crippen LogP contribution in [0.5, 0.6) is 0 Å². The van der Waals surface area contributed by atoms with Crippen LogP contribution in [0.1, 0.15) is 40.3 Å². The third-order valence-electron chi connectivity index (χ3n) is 4.93. The highest BCUT2D eigenvalue weighted by Gasteiger charge is 2.08. The van der Waals surface area contributed by atoms with Gasteiger partial charge in [0.2, 0.25) is 0 Å². The Hall–Kier alpha value is -2.87. The normalized spacial score (nSPS) is 11.2. The molecule has 28 heavy (non-hydrogen) atoms. The molecular weight excluding hydrogens is 340 g/mol. The molecule has 144 valence electrons. The molecule has 0 aliphatic heterocycles. The lowest BCUT2D eigenvalue weighted by molar-refractivity contribution is 1.13. The zero-order valence-corrected chi connectivity index (χ0v) is 17.6. The van der Waals surface area contributed by atoms with Gasteiger partial charge in [-0.1, -0.05) is 53.1 Å². The monoisotopic (exact) mass is 370 g/mol. The van der Waals surface area contributed by atoms with Gasteiger partial charge in [0.15, 0.2) is 0 Å². The molecule has 2 heteroatoms. The molecule has 0 amide bonds. The Morgan fingerprint density at radius 2 is 1.54 bits per heavy atom. The minimum absolute atomic E-state index is 0.796. The molecule has 2 nitrogen and oxygen atoms in total. The molecule has 3 aromatic rings. The summed E-state index contributed by atoms with van der Waals surface area (Å²) in [6.07, 6.45) is 2.00. The van der Waals surface area contributed by atoms with Gasteiger partial charge in [0.05, 0.1) is 0 Å². The first-order valence-corrected chi connectivity index (χ1v) is 9.99. The molecule has 0 bridgehead atoms. The first kappa shape index (κ1) is 19.9. The number of benzene rings is 3. The standard InChI is InChI=1S/C26H30N2/c1-6-27-17-23-14-18(2)7-10-25(23)26-15-24(9-8-21(26)5)28-16-22-12-19(3)11-20(4)13-22/h7-15,17,28H,6,16H2,1-5H3. The summed E-state index contributed by atoms with van der Waals surface area (Å²) in [6, 6.07) is 19.9. The van der Waals surface area contributed by atoms with Crippen molar-refractivity contribution >= 4 is 11.9 Å². The van der Waals surface area contributed by atoms with E-state index in [1.165, 1.54) is 44.5 Å². The number of rotatable bonds is 6. The Balaban J connectivity index is 1.91. The first-order valence-electron chi connectivity index (χ1n) is 9.99. The molecule has 3 aromatic carbocycles. The van der Waals surface area contributed by atoms with Crippen molar-refractivity contribution in [2.24, 2.45) is 4.99 Å². The number of anilines is 1. The maximum atomic E-state index is 4.47. The lowest BCUT2D eigenvalue weighted by Gasteiger charge is -2.14. The first-order chi connectivity index (χ1) is 13.5. The summed E-state index contributed by atoms with van der Waals surface area (Å²) in [5.41, 5.74) is 11.2. The number of hydrogen-bond acceptors (Lipinski definition) is 2. The fourth-order valence-corrected chi connectivity index (χ4v) is 3.62. The van der Waals surface area contributed by atoms with Gasteiger partial charge in [-0.05, 0) is 75.1 Å². The molecule has 0 atom stereocenters. The molecule has 0 saturated heterocycles. The molecule has 3 rings (SSSR count). The Kier molecular flexibility index (Phi) is 6.30. The maximum Gasteiger partial charge on any atom is 0.0400 e. The fourth-order valence-electron chi connectivity index (χ4n) is 3.62. The largest absolute Gasteiger partial charge is 0.381 e. The summed E-state index contributed by atoms with van der Waals surface area (Å²) in [4.78, 5) is 4.47. The second kappa shape index (κ2) is 8.88. The van der Waals surface area contributed by atoms with E-state index in [1.807, 2.05) is 6.21 Å². The molecule has 0 spiro atoms. The Morgan fingerprint density at radius 3 is 2.25 bits per heavy atom. The van der Waals surface area contributed by atoms with Gasteiger partial charge in [-0.25, -0.2) is 0 Å². The highest BCUT2D eigenvalue weighted by Crippen LogP contribution is 2.30. The summed E-state index contributed by atoms with van der Waals surface area (Å²) in [5.74, 6) is 0. The van der Waals surface area contributed by atoms with Crippen LogP contribution in [0, 0.1) is 27.7 Å². The van der Waals surface area contributed by atoms with Crippen molar-refractivity contribution in [1.82, 2.24) is 0 Å². The van der Waals surface area contributed by atoms with Crippen LogP contribution in [0.2, 0.25) is 0 Å². The number of nitrogens with one attached hydrogen (secondary N) is 1. The van der Waals surface area contributed by atoms with Crippen LogP contribution in [0.3, 0.4) is 0 Å². The smallest absolute Gasteiger partial charge is 0.0400 e. The van der Waals surface area contributed by atoms with E-state index in [4.69, 9.17) is 0 Å². The minimum Gasteiger partial charge on any atom is -0.381 e. The van der Waals surface area contributed by atoms with Gasteiger partial charge in [-0.3, -0.25) is 4.99 Å². The number of aliphatic imine (C=N–C) groups is 1. The summed E-state index contributed by atoms with van der Waals surface area (Å²) >= 11 is 0. The molecule has 0 fully saturated rings. The molecular formula is C26H30N2. The van der Waals surface area contributed by atoms with Crippen molar-refractivity contribution in [1.29, 1.82) is 0 Å². The van der Waals surface area contributed by atoms with Crippen molar-refractivity contribution in [3.63, 3.8) is 0 Å². The van der Waals surface area contributed by atoms with Crippen LogP contribution in [-0.2, 0) is 6.54 Å². The van der Waals surface area contributed by atoms with Crippen molar-refractivity contribution in [3.8, 4) is 11.1 Å². The number of hydrogen-bond donors (Lipinski definition) is 1. The third-order valence-corrected chi connectivity index (χ3v) is 4.93. The van der Waals surface area contributed by atoms with Crippen LogP contribution in [-0.4, -0.2) is 12.8 Å². The van der Waals surface area contributed by atoms with Crippen LogP contribution in [0.15, 0.2) is 59.6 Å². The van der Waals surface area contributed by atoms with Crippen LogP contribution in [0.4, 0.5) is 5.69 Å². The Morgan fingerprint density at radius 1 is 0.786 bits per heavy atom. The van der Waals surface area contributed by atoms with Gasteiger partial charge in [-0.15, -0.1) is 0 Å². The van der Waals surface area contributed by atoms with E-state index in [1.54, 1.807) is 0 Å². The number of aryl methyl sites for hydroxylation is 4. The van der Waals surface area contributed by atoms with Crippen LogP contribution >= 0.6 is 0 Å². The number of nitrogens with zero attached hydrogens (tertiary/aromatic N) is 1. The topological polar surface area (TPSA) is 24.4 Å². The van der Waals surface area contributed by atoms with E-state index >= 15 is 0 Å². The van der Waals surface area contributed by atoms with Crippen molar-refractivity contribution in [2.45, 2.75) is 41.2 Å². The van der Waals surface area contributed by atoms with Gasteiger partial charge in [-0.2, -0.15) is 0 Å². The molecule has 0 aliphatic rings. The van der Waals surface area contributed by atoms with Crippen molar-refractivity contribution < 1.29 is 0 Å². The second-order valence-electron chi connectivity index (χ2n) is 7.60. The van der Waals surface area contributed by atoms with E-state index in [0.717, 1.165) is 18.8 Å². The van der Waals surface area contributed by atoms with E-state index in [-0.39, 0.29) is 0 Å². The summed E-state index contributed by atoms with van der Waals surface area (Å²) in [6.45, 7) is 12.3. The third kappa shape index (κ3) is 4.89. The summed E-state index contributed by atoms with van der Waals surface area (Å²) < 4.78 is 0. The summed E-state index contributed by atoms with van der Waals surface area (Å²) in [7, 11) is 0. The fraction of sp³-hybridized carbons (Fsp3) is 0.269. The maximum absolute atomic E-state index is 4.47. The molecule has 0 unspecified atom stereocenters. The molecule has 0 heterocycles. The average molecular weight is 371 g/mol. The van der Waals surface area contributed by atoms with E-state index < -0.39 is 0 Å². The minimum atomic E-state index is 0.796. The Labute approximate surface area is 169 Å². The lowest BCUT2D eigenvalue weighted by atomic mass is 9.94. The van der Waals surface area contributed by atoms with Gasteiger partial charge >= 0.3 is 0 Å². The Bertz CT molecular complexity index is 979. The summed E-state index contributed by atoms with van der Waals surface area (Å²) in [5, 5.41) is 3.59. The zero-order chi connectivity index (χ0) is 20.1. The van der Waals surface area contributed by atoms with Gasteiger partial charge in [0.1, 0.15) is 0 Å².